The van der Waals surface area contributed by atoms with Crippen molar-refractivity contribution < 1.29 is 9.84 Å². The van der Waals surface area contributed by atoms with Crippen LogP contribution in [0.3, 0.4) is 0 Å². The number of methoxy groups -OCH3 is 1. The second-order valence-electron chi connectivity index (χ2n) is 3.27. The van der Waals surface area contributed by atoms with E-state index in [1.54, 1.807) is 29.8 Å². The molecular formula is C10H17BrN2O2S. The zero-order valence-corrected chi connectivity index (χ0v) is 11.9. The molecule has 1 aromatic heterocycles. The lowest BCUT2D eigenvalue weighted by Crippen LogP contribution is -2.14. The molecule has 16 heavy (non-hydrogen) atoms. The minimum absolute atomic E-state index is 0.487. The summed E-state index contributed by atoms with van der Waals surface area (Å²) >= 11 is 5.12. The molecular weight excluding hydrogens is 292 g/mol. The van der Waals surface area contributed by atoms with Crippen LogP contribution >= 0.6 is 27.7 Å². The zero-order valence-electron chi connectivity index (χ0n) is 9.52. The van der Waals surface area contributed by atoms with Gasteiger partial charge in [-0.25, -0.2) is 0 Å². The van der Waals surface area contributed by atoms with Crippen LogP contribution in [0.1, 0.15) is 18.7 Å². The first kappa shape index (κ1) is 14.0. The number of thioether (sulfide) groups is 1. The molecule has 1 rings (SSSR count). The lowest BCUT2D eigenvalue weighted by atomic mass is 10.3. The second kappa shape index (κ2) is 7.32. The zero-order chi connectivity index (χ0) is 12.0. The predicted octanol–water partition coefficient (Wildman–Crippen LogP) is 2.08. The van der Waals surface area contributed by atoms with Crippen LogP contribution in [0.2, 0.25) is 0 Å². The maximum Gasteiger partial charge on any atom is 0.106 e. The highest BCUT2D eigenvalue weighted by atomic mass is 79.9. The van der Waals surface area contributed by atoms with E-state index in [1.807, 2.05) is 0 Å². The average Bonchev–Trinajstić information content (AvgIpc) is 2.64. The smallest absolute Gasteiger partial charge is 0.106 e. The Kier molecular flexibility index (Phi) is 6.41. The molecule has 1 N–H and O–H groups in total. The first-order valence-corrected chi connectivity index (χ1v) is 7.11. The number of nitrogens with zero attached hydrogens (tertiary/aromatic N) is 2. The number of halogens is 1. The van der Waals surface area contributed by atoms with Crippen molar-refractivity contribution in [3.8, 4) is 0 Å². The Morgan fingerprint density at radius 3 is 3.06 bits per heavy atom. The molecule has 0 aromatic carbocycles. The summed E-state index contributed by atoms with van der Waals surface area (Å²) in [6.07, 6.45) is 1.23. The van der Waals surface area contributed by atoms with Crippen molar-refractivity contribution in [2.75, 3.05) is 25.2 Å². The van der Waals surface area contributed by atoms with Gasteiger partial charge in [0.15, 0.2) is 0 Å². The van der Waals surface area contributed by atoms with Gasteiger partial charge in [0.05, 0.1) is 29.5 Å². The van der Waals surface area contributed by atoms with Crippen molar-refractivity contribution in [3.05, 3.63) is 16.4 Å². The first-order chi connectivity index (χ1) is 7.70. The summed E-state index contributed by atoms with van der Waals surface area (Å²) in [4.78, 5) is 0. The van der Waals surface area contributed by atoms with Gasteiger partial charge in [-0.05, 0) is 21.7 Å². The van der Waals surface area contributed by atoms with Gasteiger partial charge in [0.25, 0.3) is 0 Å². The summed E-state index contributed by atoms with van der Waals surface area (Å²) in [5.41, 5.74) is 0.831. The SMILES string of the molecule is CCSCC(O)c1c(Br)cnn1CCOC. The van der Waals surface area contributed by atoms with E-state index >= 15 is 0 Å². The molecule has 1 aromatic rings. The Morgan fingerprint density at radius 1 is 1.69 bits per heavy atom. The number of hydrogen-bond donors (Lipinski definition) is 1. The van der Waals surface area contributed by atoms with Crippen LogP contribution in [0, 0.1) is 0 Å². The Hall–Kier alpha value is -0.0400. The van der Waals surface area contributed by atoms with E-state index in [2.05, 4.69) is 28.0 Å². The molecule has 4 nitrogen and oxygen atoms in total. The third-order valence-corrected chi connectivity index (χ3v) is 3.71. The highest BCUT2D eigenvalue weighted by molar-refractivity contribution is 9.10. The minimum atomic E-state index is -0.487. The van der Waals surface area contributed by atoms with E-state index in [-0.39, 0.29) is 0 Å². The van der Waals surface area contributed by atoms with Crippen molar-refractivity contribution in [3.63, 3.8) is 0 Å². The van der Waals surface area contributed by atoms with Crippen LogP contribution < -0.4 is 0 Å². The summed E-state index contributed by atoms with van der Waals surface area (Å²) in [5.74, 6) is 1.69. The van der Waals surface area contributed by atoms with E-state index in [4.69, 9.17) is 4.74 Å². The molecule has 0 aliphatic carbocycles. The normalized spacial score (nSPS) is 13.0. The molecule has 6 heteroatoms. The topological polar surface area (TPSA) is 47.3 Å². The largest absolute Gasteiger partial charge is 0.386 e. The maximum atomic E-state index is 10.0. The third kappa shape index (κ3) is 3.76. The first-order valence-electron chi connectivity index (χ1n) is 5.16. The average molecular weight is 309 g/mol. The number of rotatable bonds is 7. The maximum absolute atomic E-state index is 10.0. The lowest BCUT2D eigenvalue weighted by Gasteiger charge is -2.13. The Morgan fingerprint density at radius 2 is 2.44 bits per heavy atom. The molecule has 92 valence electrons. The molecule has 0 fully saturated rings. The molecule has 0 bridgehead atoms. The van der Waals surface area contributed by atoms with Crippen molar-refractivity contribution in [1.82, 2.24) is 9.78 Å². The van der Waals surface area contributed by atoms with Crippen LogP contribution in [-0.4, -0.2) is 40.1 Å². The summed E-state index contributed by atoms with van der Waals surface area (Å²) in [5, 5.41) is 14.3. The van der Waals surface area contributed by atoms with E-state index in [0.29, 0.717) is 18.9 Å². The quantitative estimate of drug-likeness (QED) is 0.838. The van der Waals surface area contributed by atoms with Crippen molar-refractivity contribution in [1.29, 1.82) is 0 Å². The molecule has 0 aliphatic heterocycles. The number of aliphatic hydroxyl groups excluding tert-OH is 1. The van der Waals surface area contributed by atoms with Gasteiger partial charge >= 0.3 is 0 Å². The molecule has 0 amide bonds. The van der Waals surface area contributed by atoms with Gasteiger partial charge in [-0.3, -0.25) is 4.68 Å². The fourth-order valence-corrected chi connectivity index (χ4v) is 2.54. The second-order valence-corrected chi connectivity index (χ2v) is 5.44. The molecule has 0 spiro atoms. The molecule has 1 atom stereocenters. The Bertz CT molecular complexity index is 320. The monoisotopic (exact) mass is 308 g/mol. The van der Waals surface area contributed by atoms with Gasteiger partial charge < -0.3 is 9.84 Å². The van der Waals surface area contributed by atoms with Crippen molar-refractivity contribution >= 4 is 27.7 Å². The summed E-state index contributed by atoms with van der Waals surface area (Å²) < 4.78 is 7.65. The van der Waals surface area contributed by atoms with Gasteiger partial charge in [-0.15, -0.1) is 0 Å². The standard InChI is InChI=1S/C10H17BrN2O2S/c1-3-16-7-9(14)10-8(11)6-12-13(10)4-5-15-2/h6,9,14H,3-5,7H2,1-2H3. The van der Waals surface area contributed by atoms with Gasteiger partial charge in [-0.2, -0.15) is 16.9 Å². The minimum Gasteiger partial charge on any atom is -0.386 e. The van der Waals surface area contributed by atoms with Crippen LogP contribution in [-0.2, 0) is 11.3 Å². The highest BCUT2D eigenvalue weighted by Gasteiger charge is 2.17. The van der Waals surface area contributed by atoms with Crippen LogP contribution in [0.25, 0.3) is 0 Å². The van der Waals surface area contributed by atoms with Crippen molar-refractivity contribution in [2.45, 2.75) is 19.6 Å². The lowest BCUT2D eigenvalue weighted by molar-refractivity contribution is 0.166. The number of hydrogen-bond acceptors (Lipinski definition) is 4. The molecule has 1 unspecified atom stereocenters. The van der Waals surface area contributed by atoms with E-state index in [1.165, 1.54) is 0 Å². The van der Waals surface area contributed by atoms with Gasteiger partial charge in [-0.1, -0.05) is 6.92 Å². The van der Waals surface area contributed by atoms with E-state index in [9.17, 15) is 5.11 Å². The third-order valence-electron chi connectivity index (χ3n) is 2.14. The molecule has 0 aliphatic rings. The fraction of sp³-hybridized carbons (Fsp3) is 0.700. The van der Waals surface area contributed by atoms with Crippen molar-refractivity contribution in [2.24, 2.45) is 0 Å². The Labute approximate surface area is 108 Å². The van der Waals surface area contributed by atoms with Gasteiger partial charge in [0.1, 0.15) is 6.10 Å². The number of ether oxygens (including phenoxy) is 1. The predicted molar refractivity (Wildman–Crippen MR) is 69.8 cm³/mol. The fourth-order valence-electron chi connectivity index (χ4n) is 1.37. The summed E-state index contributed by atoms with van der Waals surface area (Å²) in [6, 6.07) is 0. The van der Waals surface area contributed by atoms with E-state index < -0.39 is 6.10 Å². The molecule has 0 radical (unpaired) electrons. The van der Waals surface area contributed by atoms with Gasteiger partial charge in [0.2, 0.25) is 0 Å². The summed E-state index contributed by atoms with van der Waals surface area (Å²) in [6.45, 7) is 3.33. The van der Waals surface area contributed by atoms with Crippen LogP contribution in [0.15, 0.2) is 10.7 Å². The number of aliphatic hydroxyl groups is 1. The number of aromatic nitrogens is 2. The van der Waals surface area contributed by atoms with Crippen LogP contribution in [0.5, 0.6) is 0 Å². The van der Waals surface area contributed by atoms with E-state index in [0.717, 1.165) is 15.9 Å². The molecule has 0 saturated heterocycles. The molecule has 0 saturated carbocycles. The molecule has 1 heterocycles. The highest BCUT2D eigenvalue weighted by Crippen LogP contribution is 2.25. The summed E-state index contributed by atoms with van der Waals surface area (Å²) in [7, 11) is 1.65. The van der Waals surface area contributed by atoms with Gasteiger partial charge in [0, 0.05) is 12.9 Å². The van der Waals surface area contributed by atoms with Crippen LogP contribution in [0.4, 0.5) is 0 Å². The Balaban J connectivity index is 2.71.